The van der Waals surface area contributed by atoms with Crippen LogP contribution in [0.2, 0.25) is 0 Å². The van der Waals surface area contributed by atoms with Gasteiger partial charge in [-0.05, 0) is 19.5 Å². The number of nitrogens with one attached hydrogen (secondary N) is 1. The van der Waals surface area contributed by atoms with Crippen molar-refractivity contribution < 1.29 is 4.74 Å². The quantitative estimate of drug-likeness (QED) is 0.617. The molecular weight excluding hydrogens is 188 g/mol. The van der Waals surface area contributed by atoms with Gasteiger partial charge in [0, 0.05) is 25.0 Å². The van der Waals surface area contributed by atoms with Crippen LogP contribution >= 0.6 is 0 Å². The van der Waals surface area contributed by atoms with E-state index in [0.29, 0.717) is 5.41 Å². The Morgan fingerprint density at radius 1 is 1.27 bits per heavy atom. The molecule has 90 valence electrons. The second kappa shape index (κ2) is 6.46. The highest BCUT2D eigenvalue weighted by atomic mass is 16.5. The fraction of sp³-hybridized carbons (Fsp3) is 1.00. The number of likely N-dealkylation sites (N-methyl/N-ethyl adjacent to an activating group) is 1. The van der Waals surface area contributed by atoms with Crippen molar-refractivity contribution in [2.75, 3.05) is 45.9 Å². The van der Waals surface area contributed by atoms with Gasteiger partial charge in [0.1, 0.15) is 0 Å². The predicted molar refractivity (Wildman–Crippen MR) is 64.2 cm³/mol. The molecule has 1 N–H and O–H groups in total. The molecule has 0 aromatic rings. The second-order valence-electron chi connectivity index (χ2n) is 4.91. The van der Waals surface area contributed by atoms with E-state index in [1.165, 1.54) is 19.5 Å². The maximum Gasteiger partial charge on any atom is 0.0554 e. The van der Waals surface area contributed by atoms with Crippen molar-refractivity contribution in [1.82, 2.24) is 10.2 Å². The van der Waals surface area contributed by atoms with Crippen molar-refractivity contribution >= 4 is 0 Å². The second-order valence-corrected chi connectivity index (χ2v) is 4.91. The van der Waals surface area contributed by atoms with Gasteiger partial charge in [0.15, 0.2) is 0 Å². The Morgan fingerprint density at radius 3 is 2.47 bits per heavy atom. The van der Waals surface area contributed by atoms with Crippen LogP contribution in [0.15, 0.2) is 0 Å². The molecule has 15 heavy (non-hydrogen) atoms. The summed E-state index contributed by atoms with van der Waals surface area (Å²) in [4.78, 5) is 2.49. The van der Waals surface area contributed by atoms with Crippen LogP contribution in [0, 0.1) is 5.41 Å². The molecule has 3 heteroatoms. The van der Waals surface area contributed by atoms with E-state index in [2.05, 4.69) is 31.0 Å². The van der Waals surface area contributed by atoms with Crippen molar-refractivity contribution in [1.29, 1.82) is 0 Å². The summed E-state index contributed by atoms with van der Waals surface area (Å²) in [5.74, 6) is 0. The highest BCUT2D eigenvalue weighted by molar-refractivity contribution is 4.82. The Kier molecular flexibility index (Phi) is 5.58. The third-order valence-corrected chi connectivity index (χ3v) is 3.04. The van der Waals surface area contributed by atoms with Gasteiger partial charge in [0.25, 0.3) is 0 Å². The first-order valence-corrected chi connectivity index (χ1v) is 6.21. The summed E-state index contributed by atoms with van der Waals surface area (Å²) in [6.07, 6.45) is 1.25. The Hall–Kier alpha value is -0.120. The topological polar surface area (TPSA) is 24.5 Å². The predicted octanol–water partition coefficient (Wildman–Crippen LogP) is 1.34. The molecule has 0 aromatic carbocycles. The molecule has 1 saturated heterocycles. The summed E-state index contributed by atoms with van der Waals surface area (Å²) in [5, 5.41) is 3.53. The number of hydrogen-bond acceptors (Lipinski definition) is 3. The van der Waals surface area contributed by atoms with Crippen molar-refractivity contribution in [2.24, 2.45) is 5.41 Å². The molecule has 0 bridgehead atoms. The third kappa shape index (κ3) is 4.49. The molecule has 0 amide bonds. The van der Waals surface area contributed by atoms with Gasteiger partial charge in [0.05, 0.1) is 13.2 Å². The van der Waals surface area contributed by atoms with Gasteiger partial charge in [-0.25, -0.2) is 0 Å². The van der Waals surface area contributed by atoms with Crippen molar-refractivity contribution in [3.8, 4) is 0 Å². The molecule has 1 heterocycles. The highest BCUT2D eigenvalue weighted by Crippen LogP contribution is 2.24. The molecule has 1 aliphatic rings. The van der Waals surface area contributed by atoms with Crippen LogP contribution in [0.3, 0.4) is 0 Å². The fourth-order valence-electron chi connectivity index (χ4n) is 1.92. The van der Waals surface area contributed by atoms with Gasteiger partial charge in [-0.1, -0.05) is 20.8 Å². The molecule has 1 fully saturated rings. The molecule has 0 unspecified atom stereocenters. The largest absolute Gasteiger partial charge is 0.380 e. The molecule has 0 atom stereocenters. The molecule has 0 radical (unpaired) electrons. The number of hydrogen-bond donors (Lipinski definition) is 1. The Morgan fingerprint density at radius 2 is 2.00 bits per heavy atom. The van der Waals surface area contributed by atoms with E-state index in [1.807, 2.05) is 0 Å². The summed E-state index contributed by atoms with van der Waals surface area (Å²) < 4.78 is 5.23. The van der Waals surface area contributed by atoms with Crippen molar-refractivity contribution in [3.63, 3.8) is 0 Å². The molecule has 3 nitrogen and oxygen atoms in total. The van der Waals surface area contributed by atoms with Crippen LogP contribution in [0.5, 0.6) is 0 Å². The lowest BCUT2D eigenvalue weighted by molar-refractivity contribution is -0.0990. The number of ether oxygens (including phenoxy) is 1. The monoisotopic (exact) mass is 214 g/mol. The highest BCUT2D eigenvalue weighted by Gasteiger charge is 2.32. The van der Waals surface area contributed by atoms with Crippen LogP contribution < -0.4 is 5.32 Å². The van der Waals surface area contributed by atoms with E-state index in [0.717, 1.165) is 32.8 Å². The first-order valence-electron chi connectivity index (χ1n) is 6.21. The minimum Gasteiger partial charge on any atom is -0.380 e. The smallest absolute Gasteiger partial charge is 0.0554 e. The molecule has 0 aromatic heterocycles. The van der Waals surface area contributed by atoms with Crippen molar-refractivity contribution in [2.45, 2.75) is 27.2 Å². The molecule has 1 aliphatic heterocycles. The molecular formula is C12H26N2O. The van der Waals surface area contributed by atoms with Gasteiger partial charge < -0.3 is 15.0 Å². The Balaban J connectivity index is 1.99. The van der Waals surface area contributed by atoms with Gasteiger partial charge in [-0.3, -0.25) is 0 Å². The zero-order chi connectivity index (χ0) is 11.1. The van der Waals surface area contributed by atoms with E-state index in [-0.39, 0.29) is 0 Å². The fourth-order valence-corrected chi connectivity index (χ4v) is 1.92. The lowest BCUT2D eigenvalue weighted by Crippen LogP contribution is -2.48. The van der Waals surface area contributed by atoms with Crippen LogP contribution in [0.4, 0.5) is 0 Å². The summed E-state index contributed by atoms with van der Waals surface area (Å²) in [6, 6.07) is 0. The molecule has 1 rings (SSSR count). The first-order chi connectivity index (χ1) is 7.20. The zero-order valence-corrected chi connectivity index (χ0v) is 10.5. The molecule has 0 spiro atoms. The molecule has 0 aliphatic carbocycles. The summed E-state index contributed by atoms with van der Waals surface area (Å²) >= 11 is 0. The minimum absolute atomic E-state index is 0.405. The Labute approximate surface area is 94.2 Å². The standard InChI is InChI=1S/C12H26N2O/c1-4-7-14(5-2)8-6-13-9-12(3)10-15-11-12/h13H,4-11H2,1-3H3. The van der Waals surface area contributed by atoms with E-state index in [4.69, 9.17) is 4.74 Å². The lowest BCUT2D eigenvalue weighted by atomic mass is 9.89. The van der Waals surface area contributed by atoms with E-state index in [9.17, 15) is 0 Å². The summed E-state index contributed by atoms with van der Waals surface area (Å²) in [7, 11) is 0. The normalized spacial score (nSPS) is 19.2. The average Bonchev–Trinajstić information content (AvgIpc) is 2.20. The van der Waals surface area contributed by atoms with Gasteiger partial charge in [-0.2, -0.15) is 0 Å². The van der Waals surface area contributed by atoms with Crippen LogP contribution in [0.1, 0.15) is 27.2 Å². The van der Waals surface area contributed by atoms with E-state index >= 15 is 0 Å². The van der Waals surface area contributed by atoms with Gasteiger partial charge in [0.2, 0.25) is 0 Å². The first kappa shape index (κ1) is 12.9. The minimum atomic E-state index is 0.405. The maximum absolute atomic E-state index is 5.23. The van der Waals surface area contributed by atoms with E-state index in [1.54, 1.807) is 0 Å². The lowest BCUT2D eigenvalue weighted by Gasteiger charge is -2.38. The average molecular weight is 214 g/mol. The van der Waals surface area contributed by atoms with Crippen molar-refractivity contribution in [3.05, 3.63) is 0 Å². The zero-order valence-electron chi connectivity index (χ0n) is 10.5. The summed E-state index contributed by atoms with van der Waals surface area (Å²) in [5.41, 5.74) is 0.405. The maximum atomic E-state index is 5.23. The number of rotatable bonds is 8. The number of nitrogens with zero attached hydrogens (tertiary/aromatic N) is 1. The molecule has 0 saturated carbocycles. The van der Waals surface area contributed by atoms with Gasteiger partial charge in [-0.15, -0.1) is 0 Å². The van der Waals surface area contributed by atoms with Crippen LogP contribution in [-0.2, 0) is 4.74 Å². The SMILES string of the molecule is CCCN(CC)CCNCC1(C)COC1. The Bertz CT molecular complexity index is 169. The van der Waals surface area contributed by atoms with Crippen LogP contribution in [0.25, 0.3) is 0 Å². The van der Waals surface area contributed by atoms with Crippen LogP contribution in [-0.4, -0.2) is 50.8 Å². The summed E-state index contributed by atoms with van der Waals surface area (Å²) in [6.45, 7) is 14.3. The van der Waals surface area contributed by atoms with Gasteiger partial charge >= 0.3 is 0 Å². The third-order valence-electron chi connectivity index (χ3n) is 3.04. The van der Waals surface area contributed by atoms with E-state index < -0.39 is 0 Å².